The number of rotatable bonds is 10. The standard InChI is InChI=1S/C12H28N2/c1-4-7-12(3)11-14-10-6-9-13-8-5-2/h12-14H,4-11H2,1-3H3. The third-order valence-electron chi connectivity index (χ3n) is 2.41. The predicted octanol–water partition coefficient (Wildman–Crippen LogP) is 2.40. The van der Waals surface area contributed by atoms with Gasteiger partial charge >= 0.3 is 0 Å². The summed E-state index contributed by atoms with van der Waals surface area (Å²) < 4.78 is 0. The molecule has 0 fully saturated rings. The molecule has 0 aliphatic rings. The van der Waals surface area contributed by atoms with Gasteiger partial charge in [-0.05, 0) is 51.4 Å². The van der Waals surface area contributed by atoms with Gasteiger partial charge in [-0.25, -0.2) is 0 Å². The molecule has 0 bridgehead atoms. The van der Waals surface area contributed by atoms with Crippen LogP contribution in [0.4, 0.5) is 0 Å². The first-order valence-electron chi connectivity index (χ1n) is 6.22. The van der Waals surface area contributed by atoms with Crippen molar-refractivity contribution in [2.45, 2.75) is 46.5 Å². The fourth-order valence-corrected chi connectivity index (χ4v) is 1.58. The average molecular weight is 200 g/mol. The molecule has 1 atom stereocenters. The van der Waals surface area contributed by atoms with Gasteiger partial charge in [0.05, 0.1) is 0 Å². The Morgan fingerprint density at radius 1 is 0.929 bits per heavy atom. The predicted molar refractivity (Wildman–Crippen MR) is 64.7 cm³/mol. The Hall–Kier alpha value is -0.0800. The van der Waals surface area contributed by atoms with Crippen molar-refractivity contribution in [3.63, 3.8) is 0 Å². The van der Waals surface area contributed by atoms with E-state index in [9.17, 15) is 0 Å². The van der Waals surface area contributed by atoms with Gasteiger partial charge in [-0.1, -0.05) is 27.2 Å². The van der Waals surface area contributed by atoms with E-state index in [0.29, 0.717) is 0 Å². The summed E-state index contributed by atoms with van der Waals surface area (Å²) >= 11 is 0. The second-order valence-corrected chi connectivity index (χ2v) is 4.20. The molecule has 14 heavy (non-hydrogen) atoms. The molecule has 0 aliphatic carbocycles. The van der Waals surface area contributed by atoms with Crippen LogP contribution in [0.3, 0.4) is 0 Å². The summed E-state index contributed by atoms with van der Waals surface area (Å²) in [6.07, 6.45) is 5.14. The molecule has 0 rings (SSSR count). The van der Waals surface area contributed by atoms with Gasteiger partial charge in [0, 0.05) is 0 Å². The van der Waals surface area contributed by atoms with Crippen LogP contribution in [-0.4, -0.2) is 26.2 Å². The van der Waals surface area contributed by atoms with E-state index in [2.05, 4.69) is 31.4 Å². The lowest BCUT2D eigenvalue weighted by molar-refractivity contribution is 0.469. The van der Waals surface area contributed by atoms with E-state index in [1.54, 1.807) is 0 Å². The van der Waals surface area contributed by atoms with E-state index in [4.69, 9.17) is 0 Å². The Morgan fingerprint density at radius 2 is 1.64 bits per heavy atom. The minimum Gasteiger partial charge on any atom is -0.317 e. The van der Waals surface area contributed by atoms with Gasteiger partial charge in [-0.2, -0.15) is 0 Å². The first kappa shape index (κ1) is 13.9. The highest BCUT2D eigenvalue weighted by Crippen LogP contribution is 2.02. The Labute approximate surface area is 89.9 Å². The monoisotopic (exact) mass is 200 g/mol. The molecule has 2 heteroatoms. The van der Waals surface area contributed by atoms with E-state index in [1.165, 1.54) is 32.2 Å². The molecule has 0 radical (unpaired) electrons. The molecule has 0 aromatic carbocycles. The Bertz CT molecular complexity index is 104. The molecule has 1 unspecified atom stereocenters. The fourth-order valence-electron chi connectivity index (χ4n) is 1.58. The van der Waals surface area contributed by atoms with Crippen molar-refractivity contribution in [3.8, 4) is 0 Å². The maximum Gasteiger partial charge on any atom is -0.00231 e. The van der Waals surface area contributed by atoms with E-state index < -0.39 is 0 Å². The molecular weight excluding hydrogens is 172 g/mol. The van der Waals surface area contributed by atoms with Crippen molar-refractivity contribution in [1.29, 1.82) is 0 Å². The Morgan fingerprint density at radius 3 is 2.29 bits per heavy atom. The Kier molecular flexibility index (Phi) is 10.9. The van der Waals surface area contributed by atoms with Crippen LogP contribution in [0.2, 0.25) is 0 Å². The number of hydrogen-bond acceptors (Lipinski definition) is 2. The molecule has 0 spiro atoms. The summed E-state index contributed by atoms with van der Waals surface area (Å²) in [4.78, 5) is 0. The number of nitrogens with one attached hydrogen (secondary N) is 2. The summed E-state index contributed by atoms with van der Waals surface area (Å²) in [6, 6.07) is 0. The first-order valence-corrected chi connectivity index (χ1v) is 6.22. The van der Waals surface area contributed by atoms with Gasteiger partial charge < -0.3 is 10.6 Å². The SMILES string of the molecule is CCCNCCCNCC(C)CCC. The topological polar surface area (TPSA) is 24.1 Å². The minimum atomic E-state index is 0.837. The van der Waals surface area contributed by atoms with Crippen molar-refractivity contribution < 1.29 is 0 Å². The van der Waals surface area contributed by atoms with Crippen molar-refractivity contribution in [2.24, 2.45) is 5.92 Å². The molecular formula is C12H28N2. The molecule has 0 aromatic heterocycles. The summed E-state index contributed by atoms with van der Waals surface area (Å²) in [6.45, 7) is 11.4. The third-order valence-corrected chi connectivity index (χ3v) is 2.41. The Balaban J connectivity index is 2.98. The van der Waals surface area contributed by atoms with Gasteiger partial charge in [0.25, 0.3) is 0 Å². The molecule has 0 saturated heterocycles. The maximum atomic E-state index is 3.51. The summed E-state index contributed by atoms with van der Waals surface area (Å²) in [7, 11) is 0. The minimum absolute atomic E-state index is 0.837. The van der Waals surface area contributed by atoms with Gasteiger partial charge in [0.15, 0.2) is 0 Å². The fraction of sp³-hybridized carbons (Fsp3) is 1.00. The van der Waals surface area contributed by atoms with Crippen LogP contribution >= 0.6 is 0 Å². The first-order chi connectivity index (χ1) is 6.81. The van der Waals surface area contributed by atoms with Crippen LogP contribution in [0.1, 0.15) is 46.5 Å². The van der Waals surface area contributed by atoms with Crippen LogP contribution in [-0.2, 0) is 0 Å². The van der Waals surface area contributed by atoms with Gasteiger partial charge in [-0.15, -0.1) is 0 Å². The highest BCUT2D eigenvalue weighted by atomic mass is 14.9. The third kappa shape index (κ3) is 10.0. The lowest BCUT2D eigenvalue weighted by Gasteiger charge is -2.11. The zero-order chi connectivity index (χ0) is 10.6. The second kappa shape index (κ2) is 11.0. The zero-order valence-electron chi connectivity index (χ0n) is 10.2. The highest BCUT2D eigenvalue weighted by molar-refractivity contribution is 4.57. The van der Waals surface area contributed by atoms with Crippen molar-refractivity contribution in [3.05, 3.63) is 0 Å². The maximum absolute atomic E-state index is 3.51. The van der Waals surface area contributed by atoms with E-state index in [-0.39, 0.29) is 0 Å². The molecule has 2 nitrogen and oxygen atoms in total. The van der Waals surface area contributed by atoms with Gasteiger partial charge in [0.2, 0.25) is 0 Å². The van der Waals surface area contributed by atoms with Crippen molar-refractivity contribution in [1.82, 2.24) is 10.6 Å². The summed E-state index contributed by atoms with van der Waals surface area (Å²) in [5.41, 5.74) is 0. The second-order valence-electron chi connectivity index (χ2n) is 4.20. The van der Waals surface area contributed by atoms with Crippen LogP contribution in [0.25, 0.3) is 0 Å². The van der Waals surface area contributed by atoms with Crippen molar-refractivity contribution in [2.75, 3.05) is 26.2 Å². The lowest BCUT2D eigenvalue weighted by Crippen LogP contribution is -2.25. The quantitative estimate of drug-likeness (QED) is 0.529. The van der Waals surface area contributed by atoms with E-state index in [0.717, 1.165) is 25.6 Å². The van der Waals surface area contributed by atoms with E-state index >= 15 is 0 Å². The average Bonchev–Trinajstić information content (AvgIpc) is 2.17. The smallest absolute Gasteiger partial charge is 0.00231 e. The molecule has 2 N–H and O–H groups in total. The van der Waals surface area contributed by atoms with Gasteiger partial charge in [0.1, 0.15) is 0 Å². The molecule has 0 aromatic rings. The summed E-state index contributed by atoms with van der Waals surface area (Å²) in [5, 5.41) is 6.92. The number of hydrogen-bond donors (Lipinski definition) is 2. The normalized spacial score (nSPS) is 13.1. The van der Waals surface area contributed by atoms with E-state index in [1.807, 2.05) is 0 Å². The molecule has 0 amide bonds. The van der Waals surface area contributed by atoms with Crippen LogP contribution in [0.15, 0.2) is 0 Å². The molecule has 0 aliphatic heterocycles. The van der Waals surface area contributed by atoms with Crippen LogP contribution in [0.5, 0.6) is 0 Å². The largest absolute Gasteiger partial charge is 0.317 e. The van der Waals surface area contributed by atoms with Crippen molar-refractivity contribution >= 4 is 0 Å². The highest BCUT2D eigenvalue weighted by Gasteiger charge is 1.98. The lowest BCUT2D eigenvalue weighted by atomic mass is 10.1. The van der Waals surface area contributed by atoms with Gasteiger partial charge in [-0.3, -0.25) is 0 Å². The summed E-state index contributed by atoms with van der Waals surface area (Å²) in [5.74, 6) is 0.837. The van der Waals surface area contributed by atoms with Crippen LogP contribution < -0.4 is 10.6 Å². The molecule has 0 saturated carbocycles. The zero-order valence-corrected chi connectivity index (χ0v) is 10.2. The molecule has 0 heterocycles. The molecule has 86 valence electrons. The van der Waals surface area contributed by atoms with Crippen LogP contribution in [0, 0.1) is 5.92 Å².